The first-order valence-corrected chi connectivity index (χ1v) is 30.9. The molecule has 0 unspecified atom stereocenters. The summed E-state index contributed by atoms with van der Waals surface area (Å²) in [5.74, 6) is 0. The zero-order valence-electron chi connectivity index (χ0n) is 50.7. The van der Waals surface area contributed by atoms with Gasteiger partial charge in [0, 0.05) is 103 Å². The Hall–Kier alpha value is -12.5. The van der Waals surface area contributed by atoms with Gasteiger partial charge in [-0.1, -0.05) is 194 Å². The molecule has 0 aliphatic carbocycles. The van der Waals surface area contributed by atoms with Crippen molar-refractivity contribution in [2.75, 3.05) is 0 Å². The predicted molar refractivity (Wildman–Crippen MR) is 370 cm³/mol. The fraction of sp³-hybridized carbons (Fsp3) is 0.0241. The standard InChI is InChI=1S/C83H49F6N7/c84-82(85,86)69-28-13-29-70(83(87,88)89)77(69)78-75(95-71-45-56(60-38-42-91-50-68(60)52-17-5-1-6-18-52)30-34-64(71)65-35-31-57(46-72(65)95)61-25-14-39-92-79(61)53-19-7-2-8-20-53)43-51(49-90)44-76(78)96-73-47-58(62-26-15-40-93-80(62)54-21-9-3-10-22-54)32-36-66(73)67-37-33-59(48-74(67)96)63-27-16-41-94-81(63)55-23-11-4-12-24-55/h1-48,50H. The highest BCUT2D eigenvalue weighted by Crippen LogP contribution is 2.52. The number of fused-ring (bicyclic) bond motifs is 6. The van der Waals surface area contributed by atoms with Crippen molar-refractivity contribution in [3.05, 3.63) is 315 Å². The van der Waals surface area contributed by atoms with Crippen LogP contribution in [0, 0.1) is 11.3 Å². The highest BCUT2D eigenvalue weighted by atomic mass is 19.4. The minimum Gasteiger partial charge on any atom is -0.308 e. The Balaban J connectivity index is 1.09. The number of nitriles is 1. The Bertz CT molecular complexity index is 5140. The van der Waals surface area contributed by atoms with E-state index in [9.17, 15) is 5.26 Å². The van der Waals surface area contributed by atoms with Crippen molar-refractivity contribution in [1.82, 2.24) is 29.1 Å². The van der Waals surface area contributed by atoms with Crippen LogP contribution in [0.4, 0.5) is 26.3 Å². The Kier molecular flexibility index (Phi) is 14.4. The van der Waals surface area contributed by atoms with Crippen LogP contribution in [0.25, 0.3) is 156 Å². The number of benzene rings is 10. The van der Waals surface area contributed by atoms with E-state index < -0.39 is 34.6 Å². The lowest BCUT2D eigenvalue weighted by Gasteiger charge is -2.26. The number of alkyl halides is 6. The molecule has 10 aromatic carbocycles. The van der Waals surface area contributed by atoms with Crippen molar-refractivity contribution in [2.24, 2.45) is 0 Å². The van der Waals surface area contributed by atoms with Gasteiger partial charge in [-0.15, -0.1) is 0 Å². The maximum atomic E-state index is 16.6. The molecule has 0 saturated heterocycles. The molecule has 6 aromatic heterocycles. The van der Waals surface area contributed by atoms with E-state index in [0.29, 0.717) is 112 Å². The monoisotopic (exact) mass is 1260 g/mol. The number of rotatable bonds is 11. The molecule has 96 heavy (non-hydrogen) atoms. The number of aromatic nitrogens is 6. The largest absolute Gasteiger partial charge is 0.417 e. The number of nitrogens with zero attached hydrogens (tertiary/aromatic N) is 7. The number of hydrogen-bond donors (Lipinski definition) is 0. The van der Waals surface area contributed by atoms with Crippen LogP contribution >= 0.6 is 0 Å². The summed E-state index contributed by atoms with van der Waals surface area (Å²) in [6.07, 6.45) is -2.21. The van der Waals surface area contributed by atoms with E-state index in [-0.39, 0.29) is 16.9 Å². The van der Waals surface area contributed by atoms with Crippen molar-refractivity contribution < 1.29 is 26.3 Å². The van der Waals surface area contributed by atoms with Crippen LogP contribution in [0.15, 0.2) is 298 Å². The van der Waals surface area contributed by atoms with Crippen LogP contribution in [0.2, 0.25) is 0 Å². The molecule has 0 bridgehead atoms. The third-order valence-corrected chi connectivity index (χ3v) is 17.9. The van der Waals surface area contributed by atoms with Gasteiger partial charge in [0.1, 0.15) is 0 Å². The molecule has 458 valence electrons. The van der Waals surface area contributed by atoms with E-state index in [1.165, 1.54) is 12.1 Å². The van der Waals surface area contributed by atoms with Crippen molar-refractivity contribution >= 4 is 43.6 Å². The van der Waals surface area contributed by atoms with Gasteiger partial charge in [-0.2, -0.15) is 31.6 Å². The first kappa shape index (κ1) is 58.5. The van der Waals surface area contributed by atoms with Crippen molar-refractivity contribution in [2.45, 2.75) is 12.4 Å². The summed E-state index contributed by atoms with van der Waals surface area (Å²) in [7, 11) is 0. The maximum absolute atomic E-state index is 16.6. The minimum atomic E-state index is -5.37. The average Bonchev–Trinajstić information content (AvgIpc) is 1.48. The molecule has 0 atom stereocenters. The summed E-state index contributed by atoms with van der Waals surface area (Å²) < 4.78 is 103. The van der Waals surface area contributed by atoms with Gasteiger partial charge in [0.25, 0.3) is 0 Å². The van der Waals surface area contributed by atoms with Gasteiger partial charge in [0.15, 0.2) is 0 Å². The first-order valence-electron chi connectivity index (χ1n) is 30.9. The fourth-order valence-electron chi connectivity index (χ4n) is 13.7. The number of halogens is 6. The van der Waals surface area contributed by atoms with Gasteiger partial charge in [0.2, 0.25) is 0 Å². The smallest absolute Gasteiger partial charge is 0.308 e. The van der Waals surface area contributed by atoms with E-state index in [4.69, 9.17) is 15.0 Å². The molecular formula is C83H49F6N7. The second kappa shape index (κ2) is 23.5. The van der Waals surface area contributed by atoms with Crippen LogP contribution in [0.3, 0.4) is 0 Å². The second-order valence-corrected chi connectivity index (χ2v) is 23.4. The Morgan fingerprint density at radius 3 is 1.01 bits per heavy atom. The van der Waals surface area contributed by atoms with Gasteiger partial charge < -0.3 is 9.13 Å². The van der Waals surface area contributed by atoms with Gasteiger partial charge in [0.05, 0.1) is 73.3 Å². The fourth-order valence-corrected chi connectivity index (χ4v) is 13.7. The molecule has 0 aliphatic heterocycles. The summed E-state index contributed by atoms with van der Waals surface area (Å²) >= 11 is 0. The Labute approximate surface area is 546 Å². The summed E-state index contributed by atoms with van der Waals surface area (Å²) in [5.41, 5.74) is 8.28. The lowest BCUT2D eigenvalue weighted by molar-refractivity contribution is -0.142. The minimum absolute atomic E-state index is 0.0530. The lowest BCUT2D eigenvalue weighted by Crippen LogP contribution is -2.16. The van der Waals surface area contributed by atoms with Crippen LogP contribution in [0.1, 0.15) is 16.7 Å². The van der Waals surface area contributed by atoms with Crippen LogP contribution in [-0.2, 0) is 12.4 Å². The summed E-state index contributed by atoms with van der Waals surface area (Å²) in [4.78, 5) is 19.1. The lowest BCUT2D eigenvalue weighted by atomic mass is 9.89. The average molecular weight is 1260 g/mol. The summed E-state index contributed by atoms with van der Waals surface area (Å²) in [6, 6.07) is 82.1. The van der Waals surface area contributed by atoms with Gasteiger partial charge in [-0.25, -0.2) is 0 Å². The molecule has 0 fully saturated rings. The molecule has 6 heterocycles. The first-order chi connectivity index (χ1) is 46.9. The molecule has 16 aromatic rings. The zero-order valence-corrected chi connectivity index (χ0v) is 50.7. The van der Waals surface area contributed by atoms with Crippen LogP contribution < -0.4 is 0 Å². The molecule has 0 saturated carbocycles. The highest BCUT2D eigenvalue weighted by Gasteiger charge is 2.43. The molecule has 0 radical (unpaired) electrons. The Morgan fingerprint density at radius 2 is 0.656 bits per heavy atom. The van der Waals surface area contributed by atoms with Gasteiger partial charge in [-0.05, 0) is 106 Å². The Morgan fingerprint density at radius 1 is 0.302 bits per heavy atom. The van der Waals surface area contributed by atoms with E-state index in [0.717, 1.165) is 39.4 Å². The molecule has 0 aliphatic rings. The molecule has 16 rings (SSSR count). The second-order valence-electron chi connectivity index (χ2n) is 23.4. The van der Waals surface area contributed by atoms with E-state index in [1.54, 1.807) is 40.1 Å². The van der Waals surface area contributed by atoms with E-state index >= 15 is 26.3 Å². The van der Waals surface area contributed by atoms with Gasteiger partial charge in [-0.3, -0.25) is 19.9 Å². The molecule has 7 nitrogen and oxygen atoms in total. The van der Waals surface area contributed by atoms with Crippen LogP contribution in [0.5, 0.6) is 0 Å². The topological polar surface area (TPSA) is 85.2 Å². The van der Waals surface area contributed by atoms with E-state index in [1.807, 2.05) is 237 Å². The molecule has 0 spiro atoms. The molecule has 0 N–H and O–H groups in total. The normalized spacial score (nSPS) is 11.8. The van der Waals surface area contributed by atoms with Crippen molar-refractivity contribution in [1.29, 1.82) is 5.26 Å². The zero-order chi connectivity index (χ0) is 65.2. The molecule has 0 amide bonds. The summed E-state index contributed by atoms with van der Waals surface area (Å²) in [6.45, 7) is 0. The third-order valence-electron chi connectivity index (χ3n) is 17.9. The maximum Gasteiger partial charge on any atom is 0.417 e. The number of hydrogen-bond acceptors (Lipinski definition) is 5. The van der Waals surface area contributed by atoms with Crippen molar-refractivity contribution in [3.8, 4) is 118 Å². The molecule has 13 heteroatoms. The third kappa shape index (κ3) is 10.2. The predicted octanol–water partition coefficient (Wildman–Crippen LogP) is 22.4. The quantitative estimate of drug-likeness (QED) is 0.120. The van der Waals surface area contributed by atoms with Crippen LogP contribution in [-0.4, -0.2) is 29.1 Å². The molecular weight excluding hydrogens is 1210 g/mol. The van der Waals surface area contributed by atoms with Crippen molar-refractivity contribution in [3.63, 3.8) is 0 Å². The number of pyridine rings is 4. The van der Waals surface area contributed by atoms with E-state index in [2.05, 4.69) is 11.1 Å². The summed E-state index contributed by atoms with van der Waals surface area (Å²) in [5, 5.41) is 14.1. The van der Waals surface area contributed by atoms with Gasteiger partial charge >= 0.3 is 12.4 Å². The highest BCUT2D eigenvalue weighted by molar-refractivity contribution is 6.15. The SMILES string of the molecule is N#Cc1cc(-n2c3cc(-c4ccncc4-c4ccccc4)ccc3c3ccc(-c4cccnc4-c4ccccc4)cc32)c(-c2c(C(F)(F)F)cccc2C(F)(F)F)c(-n2c3cc(-c4cccnc4-c4ccccc4)ccc3c3ccc(-c4cccnc4-c4ccccc4)cc32)c1.